The third-order valence-corrected chi connectivity index (χ3v) is 4.96. The summed E-state index contributed by atoms with van der Waals surface area (Å²) in [5.41, 5.74) is 3.07. The van der Waals surface area contributed by atoms with Crippen molar-refractivity contribution < 1.29 is 18.4 Å². The predicted octanol–water partition coefficient (Wildman–Crippen LogP) is 2.55. The second-order valence-corrected chi connectivity index (χ2v) is 7.05. The van der Waals surface area contributed by atoms with Gasteiger partial charge in [-0.3, -0.25) is 19.7 Å². The number of anilines is 1. The fraction of sp³-hybridized carbons (Fsp3) is 0. The van der Waals surface area contributed by atoms with Crippen LogP contribution in [-0.2, 0) is 14.8 Å². The van der Waals surface area contributed by atoms with Crippen LogP contribution in [0.5, 0.6) is 0 Å². The van der Waals surface area contributed by atoms with Gasteiger partial charge in [0.25, 0.3) is 15.9 Å². The molecule has 1 amide bonds. The van der Waals surface area contributed by atoms with Gasteiger partial charge in [0.05, 0.1) is 16.1 Å². The summed E-state index contributed by atoms with van der Waals surface area (Å²) in [6, 6.07) is 14.9. The molecule has 8 heteroatoms. The SMILES string of the molecule is O=C(/C=C/c1cccc(S(=O)(=O)Nc2ccnc3ccccc23)c1)NO. The van der Waals surface area contributed by atoms with Gasteiger partial charge in [0.15, 0.2) is 0 Å². The zero-order chi connectivity index (χ0) is 18.6. The fourth-order valence-corrected chi connectivity index (χ4v) is 3.52. The van der Waals surface area contributed by atoms with Crippen molar-refractivity contribution in [2.45, 2.75) is 4.90 Å². The Hall–Kier alpha value is -3.23. The molecular weight excluding hydrogens is 354 g/mol. The highest BCUT2D eigenvalue weighted by Gasteiger charge is 2.16. The van der Waals surface area contributed by atoms with Crippen molar-refractivity contribution in [2.75, 3.05) is 4.72 Å². The summed E-state index contributed by atoms with van der Waals surface area (Å²) in [5, 5.41) is 9.17. The highest BCUT2D eigenvalue weighted by atomic mass is 32.2. The van der Waals surface area contributed by atoms with Crippen LogP contribution < -0.4 is 10.2 Å². The molecule has 3 aromatic rings. The second kappa shape index (κ2) is 7.34. The van der Waals surface area contributed by atoms with E-state index in [1.165, 1.54) is 29.9 Å². The van der Waals surface area contributed by atoms with Crippen LogP contribution in [0.3, 0.4) is 0 Å². The first-order valence-corrected chi connectivity index (χ1v) is 9.07. The normalized spacial score (nSPS) is 11.6. The van der Waals surface area contributed by atoms with Gasteiger partial charge >= 0.3 is 0 Å². The fourth-order valence-electron chi connectivity index (χ4n) is 2.38. The summed E-state index contributed by atoms with van der Waals surface area (Å²) in [6.07, 6.45) is 4.02. The number of nitrogens with zero attached hydrogens (tertiary/aromatic N) is 1. The molecule has 0 fully saturated rings. The zero-order valence-electron chi connectivity index (χ0n) is 13.5. The number of amides is 1. The van der Waals surface area contributed by atoms with Crippen LogP contribution in [0.25, 0.3) is 17.0 Å². The maximum Gasteiger partial charge on any atom is 0.267 e. The van der Waals surface area contributed by atoms with Crippen LogP contribution in [0.1, 0.15) is 5.56 Å². The van der Waals surface area contributed by atoms with Gasteiger partial charge in [-0.25, -0.2) is 13.9 Å². The quantitative estimate of drug-likeness (QED) is 0.364. The molecule has 7 nitrogen and oxygen atoms in total. The lowest BCUT2D eigenvalue weighted by Gasteiger charge is -2.11. The van der Waals surface area contributed by atoms with E-state index in [2.05, 4.69) is 9.71 Å². The molecule has 0 unspecified atom stereocenters. The molecule has 0 atom stereocenters. The minimum absolute atomic E-state index is 0.0463. The molecule has 1 aromatic heterocycles. The van der Waals surface area contributed by atoms with Gasteiger partial charge < -0.3 is 0 Å². The van der Waals surface area contributed by atoms with Crippen molar-refractivity contribution in [1.82, 2.24) is 10.5 Å². The number of aromatic nitrogens is 1. The third kappa shape index (κ3) is 3.88. The molecule has 0 spiro atoms. The van der Waals surface area contributed by atoms with Crippen LogP contribution in [0, 0.1) is 0 Å². The summed E-state index contributed by atoms with van der Waals surface area (Å²) in [5.74, 6) is -0.709. The topological polar surface area (TPSA) is 108 Å². The summed E-state index contributed by atoms with van der Waals surface area (Å²) in [6.45, 7) is 0. The minimum atomic E-state index is -3.83. The van der Waals surface area contributed by atoms with E-state index in [1.54, 1.807) is 36.4 Å². The van der Waals surface area contributed by atoms with Crippen LogP contribution >= 0.6 is 0 Å². The van der Waals surface area contributed by atoms with Gasteiger partial charge in [0, 0.05) is 17.7 Å². The molecule has 0 radical (unpaired) electrons. The third-order valence-electron chi connectivity index (χ3n) is 3.60. The highest BCUT2D eigenvalue weighted by Crippen LogP contribution is 2.24. The van der Waals surface area contributed by atoms with Gasteiger partial charge in [-0.2, -0.15) is 0 Å². The molecular formula is C18H15N3O4S. The van der Waals surface area contributed by atoms with Crippen molar-refractivity contribution in [3.8, 4) is 0 Å². The molecule has 1 heterocycles. The van der Waals surface area contributed by atoms with Crippen LogP contribution in [0.2, 0.25) is 0 Å². The summed E-state index contributed by atoms with van der Waals surface area (Å²) >= 11 is 0. The van der Waals surface area contributed by atoms with Gasteiger partial charge in [-0.1, -0.05) is 30.3 Å². The van der Waals surface area contributed by atoms with E-state index in [4.69, 9.17) is 5.21 Å². The van der Waals surface area contributed by atoms with Crippen LogP contribution in [0.4, 0.5) is 5.69 Å². The van der Waals surface area contributed by atoms with E-state index in [0.29, 0.717) is 22.2 Å². The van der Waals surface area contributed by atoms with Gasteiger partial charge in [-0.05, 0) is 35.9 Å². The van der Waals surface area contributed by atoms with E-state index in [-0.39, 0.29) is 4.90 Å². The van der Waals surface area contributed by atoms with Crippen molar-refractivity contribution in [3.63, 3.8) is 0 Å². The average Bonchev–Trinajstić information content (AvgIpc) is 2.66. The maximum atomic E-state index is 12.7. The standard InChI is InChI=1S/C18H15N3O4S/c22-18(20-23)9-8-13-4-3-5-14(12-13)26(24,25)21-17-10-11-19-16-7-2-1-6-15(16)17/h1-12,23H,(H,19,21)(H,20,22)/b9-8+. The number of hydrogen-bond donors (Lipinski definition) is 3. The van der Waals surface area contributed by atoms with Gasteiger partial charge in [-0.15, -0.1) is 0 Å². The lowest BCUT2D eigenvalue weighted by atomic mass is 10.2. The minimum Gasteiger partial charge on any atom is -0.288 e. The zero-order valence-corrected chi connectivity index (χ0v) is 14.3. The van der Waals surface area contributed by atoms with Gasteiger partial charge in [0.1, 0.15) is 0 Å². The Morgan fingerprint density at radius 2 is 1.88 bits per heavy atom. The average molecular weight is 369 g/mol. The molecule has 3 rings (SSSR count). The monoisotopic (exact) mass is 369 g/mol. The summed E-state index contributed by atoms with van der Waals surface area (Å²) in [4.78, 5) is 15.3. The van der Waals surface area contributed by atoms with E-state index in [0.717, 1.165) is 6.08 Å². The molecule has 0 aliphatic heterocycles. The lowest BCUT2D eigenvalue weighted by Crippen LogP contribution is -2.15. The van der Waals surface area contributed by atoms with Crippen molar-refractivity contribution in [3.05, 3.63) is 72.4 Å². The molecule has 132 valence electrons. The van der Waals surface area contributed by atoms with Crippen molar-refractivity contribution in [1.29, 1.82) is 0 Å². The Morgan fingerprint density at radius 3 is 2.69 bits per heavy atom. The Kier molecular flexibility index (Phi) is 4.97. The summed E-state index contributed by atoms with van der Waals surface area (Å²) in [7, 11) is -3.83. The lowest BCUT2D eigenvalue weighted by molar-refractivity contribution is -0.124. The van der Waals surface area contributed by atoms with E-state index in [9.17, 15) is 13.2 Å². The molecule has 0 aliphatic carbocycles. The highest BCUT2D eigenvalue weighted by molar-refractivity contribution is 7.92. The Labute approximate surface area is 150 Å². The van der Waals surface area contributed by atoms with E-state index >= 15 is 0 Å². The molecule has 0 saturated carbocycles. The van der Waals surface area contributed by atoms with Gasteiger partial charge in [0.2, 0.25) is 0 Å². The number of benzene rings is 2. The molecule has 3 N–H and O–H groups in total. The number of hydroxylamine groups is 1. The van der Waals surface area contributed by atoms with Crippen LogP contribution in [-0.4, -0.2) is 24.5 Å². The smallest absolute Gasteiger partial charge is 0.267 e. The maximum absolute atomic E-state index is 12.7. The molecule has 0 aliphatic rings. The molecule has 2 aromatic carbocycles. The van der Waals surface area contributed by atoms with Crippen LogP contribution in [0.15, 0.2) is 71.8 Å². The largest absolute Gasteiger partial charge is 0.288 e. The number of sulfonamides is 1. The first kappa shape index (κ1) is 17.6. The second-order valence-electron chi connectivity index (χ2n) is 5.36. The number of fused-ring (bicyclic) bond motifs is 1. The predicted molar refractivity (Wildman–Crippen MR) is 98.0 cm³/mol. The number of carbonyl (C=O) groups is 1. The van der Waals surface area contributed by atoms with Crippen molar-refractivity contribution >= 4 is 38.6 Å². The first-order valence-electron chi connectivity index (χ1n) is 7.58. The Morgan fingerprint density at radius 1 is 1.08 bits per heavy atom. The number of carbonyl (C=O) groups excluding carboxylic acids is 1. The number of rotatable bonds is 5. The van der Waals surface area contributed by atoms with Crippen molar-refractivity contribution in [2.24, 2.45) is 0 Å². The Balaban J connectivity index is 1.93. The number of para-hydroxylation sites is 1. The number of pyridine rings is 1. The number of hydrogen-bond acceptors (Lipinski definition) is 5. The molecule has 0 saturated heterocycles. The first-order chi connectivity index (χ1) is 12.5. The molecule has 0 bridgehead atoms. The van der Waals surface area contributed by atoms with E-state index < -0.39 is 15.9 Å². The number of nitrogens with one attached hydrogen (secondary N) is 2. The Bertz CT molecular complexity index is 1090. The summed E-state index contributed by atoms with van der Waals surface area (Å²) < 4.78 is 28.0. The van der Waals surface area contributed by atoms with E-state index in [1.807, 2.05) is 6.07 Å². The molecule has 26 heavy (non-hydrogen) atoms.